The third kappa shape index (κ3) is 6.26. The van der Waals surface area contributed by atoms with Crippen LogP contribution < -0.4 is 0 Å². The summed E-state index contributed by atoms with van der Waals surface area (Å²) in [4.78, 5) is 15.4. The first-order chi connectivity index (χ1) is 37.7. The molecule has 0 amide bonds. The SMILES string of the molecule is c1ccc(-c2nc(-c3ccccc3)nc(-c3ccc4c5c(ccc6c7ccccc7n(-c7ccc8c(c7)c7c(ccc9c%10ccccc%10n(-c%10ccccc%10)c97)n8-c7ccccc7)c65)n(-c5ccccc5)c4c3)n2)cc1. The molecule has 0 spiro atoms. The average Bonchev–Trinajstić information content (AvgIpc) is 4.35. The molecule has 76 heavy (non-hydrogen) atoms. The highest BCUT2D eigenvalue weighted by Gasteiger charge is 2.25. The Kier molecular flexibility index (Phi) is 9.20. The first kappa shape index (κ1) is 42.2. The lowest BCUT2D eigenvalue weighted by atomic mass is 10.1. The van der Waals surface area contributed by atoms with Crippen molar-refractivity contribution in [3.05, 3.63) is 261 Å². The minimum Gasteiger partial charge on any atom is -0.309 e. The van der Waals surface area contributed by atoms with E-state index in [1.54, 1.807) is 0 Å². The molecule has 5 heterocycles. The molecule has 0 bridgehead atoms. The zero-order valence-electron chi connectivity index (χ0n) is 41.0. The second-order valence-corrected chi connectivity index (χ2v) is 19.6. The van der Waals surface area contributed by atoms with Crippen LogP contribution >= 0.6 is 0 Å². The maximum Gasteiger partial charge on any atom is 0.164 e. The molecule has 16 rings (SSSR count). The number of hydrogen-bond donors (Lipinski definition) is 0. The largest absolute Gasteiger partial charge is 0.309 e. The summed E-state index contributed by atoms with van der Waals surface area (Å²) < 4.78 is 9.82. The summed E-state index contributed by atoms with van der Waals surface area (Å²) in [6, 6.07) is 93.4. The molecule has 0 unspecified atom stereocenters. The molecule has 0 aliphatic heterocycles. The van der Waals surface area contributed by atoms with Crippen LogP contribution in [0.3, 0.4) is 0 Å². The molecule has 5 aromatic heterocycles. The van der Waals surface area contributed by atoms with Crippen LogP contribution in [0.15, 0.2) is 261 Å². The number of fused-ring (bicyclic) bond motifs is 14. The van der Waals surface area contributed by atoms with E-state index in [0.29, 0.717) is 17.5 Å². The fraction of sp³-hybridized carbons (Fsp3) is 0. The van der Waals surface area contributed by atoms with Gasteiger partial charge in [-0.1, -0.05) is 176 Å². The molecule has 0 atom stereocenters. The van der Waals surface area contributed by atoms with Crippen LogP contribution in [0.5, 0.6) is 0 Å². The maximum atomic E-state index is 5.18. The van der Waals surface area contributed by atoms with Gasteiger partial charge < -0.3 is 18.3 Å². The average molecular weight is 970 g/mol. The first-order valence-electron chi connectivity index (χ1n) is 25.8. The third-order valence-corrected chi connectivity index (χ3v) is 15.4. The molecular weight excluding hydrogens is 927 g/mol. The van der Waals surface area contributed by atoms with Gasteiger partial charge in [0.15, 0.2) is 17.5 Å². The van der Waals surface area contributed by atoms with Gasteiger partial charge >= 0.3 is 0 Å². The van der Waals surface area contributed by atoms with Crippen molar-refractivity contribution in [3.63, 3.8) is 0 Å². The van der Waals surface area contributed by atoms with Crippen LogP contribution in [0.25, 0.3) is 144 Å². The normalized spacial score (nSPS) is 11.9. The molecule has 11 aromatic carbocycles. The summed E-state index contributed by atoms with van der Waals surface area (Å²) in [5, 5.41) is 9.53. The molecule has 0 N–H and O–H groups in total. The lowest BCUT2D eigenvalue weighted by Gasteiger charge is -2.11. The lowest BCUT2D eigenvalue weighted by molar-refractivity contribution is 1.07. The van der Waals surface area contributed by atoms with Gasteiger partial charge in [0.1, 0.15) is 0 Å². The van der Waals surface area contributed by atoms with Crippen molar-refractivity contribution in [3.8, 4) is 56.9 Å². The van der Waals surface area contributed by atoms with Gasteiger partial charge in [-0.05, 0) is 84.9 Å². The highest BCUT2D eigenvalue weighted by Crippen LogP contribution is 2.46. The summed E-state index contributed by atoms with van der Waals surface area (Å²) >= 11 is 0. The molecule has 7 nitrogen and oxygen atoms in total. The third-order valence-electron chi connectivity index (χ3n) is 15.4. The lowest BCUT2D eigenvalue weighted by Crippen LogP contribution is -2.00. The molecular formula is C69H43N7. The Hall–Kier alpha value is -10.4. The Morgan fingerprint density at radius 2 is 0.592 bits per heavy atom. The van der Waals surface area contributed by atoms with E-state index in [1.165, 1.54) is 48.7 Å². The number of benzene rings is 11. The number of nitrogens with zero attached hydrogens (tertiary/aromatic N) is 7. The summed E-state index contributed by atoms with van der Waals surface area (Å²) in [6.45, 7) is 0. The van der Waals surface area contributed by atoms with Crippen molar-refractivity contribution in [1.29, 1.82) is 0 Å². The van der Waals surface area contributed by atoms with E-state index in [2.05, 4.69) is 243 Å². The smallest absolute Gasteiger partial charge is 0.164 e. The van der Waals surface area contributed by atoms with Crippen molar-refractivity contribution >= 4 is 87.2 Å². The quantitative estimate of drug-likeness (QED) is 0.160. The predicted molar refractivity (Wildman–Crippen MR) is 313 cm³/mol. The predicted octanol–water partition coefficient (Wildman–Crippen LogP) is 17.3. The second-order valence-electron chi connectivity index (χ2n) is 19.6. The Balaban J connectivity index is 1.00. The van der Waals surface area contributed by atoms with Gasteiger partial charge in [-0.15, -0.1) is 0 Å². The highest BCUT2D eigenvalue weighted by atomic mass is 15.1. The van der Waals surface area contributed by atoms with E-state index in [4.69, 9.17) is 15.0 Å². The monoisotopic (exact) mass is 969 g/mol. The van der Waals surface area contributed by atoms with Gasteiger partial charge in [0, 0.05) is 82.5 Å². The van der Waals surface area contributed by atoms with Crippen molar-refractivity contribution in [2.75, 3.05) is 0 Å². The second kappa shape index (κ2) is 16.6. The number of aromatic nitrogens is 7. The van der Waals surface area contributed by atoms with Crippen molar-refractivity contribution in [1.82, 2.24) is 33.2 Å². The highest BCUT2D eigenvalue weighted by molar-refractivity contribution is 6.28. The number of rotatable bonds is 7. The molecule has 0 radical (unpaired) electrons. The van der Waals surface area contributed by atoms with E-state index in [0.717, 1.165) is 77.9 Å². The molecule has 0 aliphatic rings. The van der Waals surface area contributed by atoms with E-state index in [9.17, 15) is 0 Å². The molecule has 354 valence electrons. The van der Waals surface area contributed by atoms with E-state index < -0.39 is 0 Å². The minimum atomic E-state index is 0.613. The van der Waals surface area contributed by atoms with Crippen molar-refractivity contribution < 1.29 is 0 Å². The number of hydrogen-bond acceptors (Lipinski definition) is 3. The van der Waals surface area contributed by atoms with Crippen LogP contribution in [0.4, 0.5) is 0 Å². The first-order valence-corrected chi connectivity index (χ1v) is 25.8. The van der Waals surface area contributed by atoms with Crippen LogP contribution in [-0.4, -0.2) is 33.2 Å². The Bertz CT molecular complexity index is 4900. The fourth-order valence-electron chi connectivity index (χ4n) is 12.1. The topological polar surface area (TPSA) is 58.4 Å². The van der Waals surface area contributed by atoms with E-state index >= 15 is 0 Å². The van der Waals surface area contributed by atoms with E-state index in [-0.39, 0.29) is 0 Å². The molecule has 0 saturated carbocycles. The van der Waals surface area contributed by atoms with Gasteiger partial charge in [0.25, 0.3) is 0 Å². The zero-order chi connectivity index (χ0) is 49.8. The van der Waals surface area contributed by atoms with Gasteiger partial charge in [0.05, 0.1) is 44.1 Å². The summed E-state index contributed by atoms with van der Waals surface area (Å²) in [6.07, 6.45) is 0. The molecule has 0 fully saturated rings. The fourth-order valence-corrected chi connectivity index (χ4v) is 12.1. The molecule has 7 heteroatoms. The van der Waals surface area contributed by atoms with Crippen LogP contribution in [0.2, 0.25) is 0 Å². The van der Waals surface area contributed by atoms with Gasteiger partial charge in [-0.2, -0.15) is 0 Å². The van der Waals surface area contributed by atoms with Gasteiger partial charge in [-0.25, -0.2) is 15.0 Å². The Morgan fingerprint density at radius 3 is 1.12 bits per heavy atom. The van der Waals surface area contributed by atoms with Crippen LogP contribution in [0, 0.1) is 0 Å². The van der Waals surface area contributed by atoms with Crippen molar-refractivity contribution in [2.45, 2.75) is 0 Å². The summed E-state index contributed by atoms with van der Waals surface area (Å²) in [7, 11) is 0. The Labute approximate surface area is 436 Å². The minimum absolute atomic E-state index is 0.613. The zero-order valence-corrected chi connectivity index (χ0v) is 41.0. The van der Waals surface area contributed by atoms with E-state index in [1.807, 2.05) is 36.4 Å². The summed E-state index contributed by atoms with van der Waals surface area (Å²) in [5.74, 6) is 1.87. The summed E-state index contributed by atoms with van der Waals surface area (Å²) in [5.41, 5.74) is 16.3. The maximum absolute atomic E-state index is 5.18. The molecule has 16 aromatic rings. The number of para-hydroxylation sites is 5. The van der Waals surface area contributed by atoms with Crippen LogP contribution in [-0.2, 0) is 0 Å². The molecule has 0 saturated heterocycles. The van der Waals surface area contributed by atoms with Gasteiger partial charge in [0.2, 0.25) is 0 Å². The standard InChI is InChI=1S/C69H43N7/c1-6-20-44(21-7-1)67-70-68(45-22-8-2-9-23-45)72-69(71-67)46-34-36-55-62(42-46)74(48-26-12-4-13-27-48)60-40-37-53-52-31-17-19-33-58(52)76(65(53)63(55)60)50-35-39-59-56(43-50)64-61(73(59)47-24-10-3-11-25-47)41-38-54-51-30-16-18-32-57(51)75(66(54)64)49-28-14-5-15-29-49/h1-43H. The van der Waals surface area contributed by atoms with Gasteiger partial charge in [-0.3, -0.25) is 0 Å². The Morgan fingerprint density at radius 1 is 0.211 bits per heavy atom. The van der Waals surface area contributed by atoms with Crippen molar-refractivity contribution in [2.24, 2.45) is 0 Å². The molecule has 0 aliphatic carbocycles. The van der Waals surface area contributed by atoms with Crippen LogP contribution in [0.1, 0.15) is 0 Å².